The lowest BCUT2D eigenvalue weighted by Gasteiger charge is -2.23. The molecule has 166 valence electrons. The second-order valence-corrected chi connectivity index (χ2v) is 9.05. The highest BCUT2D eigenvalue weighted by Crippen LogP contribution is 2.23. The van der Waals surface area contributed by atoms with E-state index in [0.717, 1.165) is 15.6 Å². The van der Waals surface area contributed by atoms with Crippen LogP contribution in [-0.2, 0) is 14.8 Å². The normalized spacial score (nSPS) is 11.5. The van der Waals surface area contributed by atoms with Gasteiger partial charge >= 0.3 is 0 Å². The van der Waals surface area contributed by atoms with Crippen molar-refractivity contribution in [2.75, 3.05) is 10.8 Å². The lowest BCUT2D eigenvalue weighted by atomic mass is 10.2. The van der Waals surface area contributed by atoms with Crippen molar-refractivity contribution in [2.45, 2.75) is 24.8 Å². The average molecular weight is 452 g/mol. The van der Waals surface area contributed by atoms with Gasteiger partial charge in [0.2, 0.25) is 0 Å². The van der Waals surface area contributed by atoms with Gasteiger partial charge in [0.05, 0.1) is 22.9 Å². The summed E-state index contributed by atoms with van der Waals surface area (Å²) < 4.78 is 33.0. The van der Waals surface area contributed by atoms with E-state index >= 15 is 0 Å². The van der Waals surface area contributed by atoms with Gasteiger partial charge in [0, 0.05) is 0 Å². The molecule has 3 aromatic rings. The van der Waals surface area contributed by atoms with Crippen LogP contribution in [0.25, 0.3) is 0 Å². The summed E-state index contributed by atoms with van der Waals surface area (Å²) in [6, 6.07) is 23.7. The van der Waals surface area contributed by atoms with Gasteiger partial charge in [-0.25, -0.2) is 13.8 Å². The first kappa shape index (κ1) is 23.0. The van der Waals surface area contributed by atoms with Gasteiger partial charge in [-0.05, 0) is 67.9 Å². The molecular weight excluding hydrogens is 426 g/mol. The molecule has 8 heteroatoms. The summed E-state index contributed by atoms with van der Waals surface area (Å²) in [4.78, 5) is 12.6. The molecule has 1 N–H and O–H groups in total. The van der Waals surface area contributed by atoms with Crippen LogP contribution in [0, 0.1) is 0 Å². The van der Waals surface area contributed by atoms with Crippen LogP contribution in [0.4, 0.5) is 5.69 Å². The van der Waals surface area contributed by atoms with Crippen molar-refractivity contribution in [1.29, 1.82) is 0 Å². The predicted octanol–water partition coefficient (Wildman–Crippen LogP) is 3.82. The van der Waals surface area contributed by atoms with E-state index in [9.17, 15) is 13.2 Å². The van der Waals surface area contributed by atoms with Crippen LogP contribution < -0.4 is 14.5 Å². The zero-order valence-electron chi connectivity index (χ0n) is 17.9. The Kier molecular flexibility index (Phi) is 7.62. The van der Waals surface area contributed by atoms with Crippen molar-refractivity contribution in [3.8, 4) is 5.75 Å². The number of sulfonamides is 1. The molecule has 0 bridgehead atoms. The van der Waals surface area contributed by atoms with Gasteiger partial charge < -0.3 is 4.74 Å². The largest absolute Gasteiger partial charge is 0.491 e. The third-order valence-electron chi connectivity index (χ3n) is 4.32. The summed E-state index contributed by atoms with van der Waals surface area (Å²) in [7, 11) is -3.93. The number of hydrogen-bond acceptors (Lipinski definition) is 5. The van der Waals surface area contributed by atoms with Gasteiger partial charge in [0.1, 0.15) is 12.3 Å². The van der Waals surface area contributed by atoms with Gasteiger partial charge in [-0.3, -0.25) is 9.10 Å². The Morgan fingerprint density at radius 2 is 1.56 bits per heavy atom. The Balaban J connectivity index is 1.71. The molecule has 3 rings (SSSR count). The van der Waals surface area contributed by atoms with Crippen molar-refractivity contribution < 1.29 is 17.9 Å². The molecule has 0 aliphatic heterocycles. The van der Waals surface area contributed by atoms with Crippen molar-refractivity contribution in [1.82, 2.24) is 5.43 Å². The van der Waals surface area contributed by atoms with Crippen molar-refractivity contribution in [2.24, 2.45) is 5.10 Å². The fourth-order valence-corrected chi connectivity index (χ4v) is 4.32. The van der Waals surface area contributed by atoms with Crippen LogP contribution in [0.5, 0.6) is 5.75 Å². The fourth-order valence-electron chi connectivity index (χ4n) is 2.88. The molecule has 0 radical (unpaired) electrons. The highest BCUT2D eigenvalue weighted by Gasteiger charge is 2.26. The number of rotatable bonds is 9. The summed E-state index contributed by atoms with van der Waals surface area (Å²) in [5.41, 5.74) is 3.54. The van der Waals surface area contributed by atoms with Crippen molar-refractivity contribution in [3.63, 3.8) is 0 Å². The Morgan fingerprint density at radius 3 is 2.16 bits per heavy atom. The first-order valence-corrected chi connectivity index (χ1v) is 11.5. The summed E-state index contributed by atoms with van der Waals surface area (Å²) in [6.45, 7) is 3.48. The van der Waals surface area contributed by atoms with E-state index in [1.54, 1.807) is 48.5 Å². The first-order chi connectivity index (χ1) is 15.4. The number of nitrogens with zero attached hydrogens (tertiary/aromatic N) is 2. The molecule has 0 atom stereocenters. The highest BCUT2D eigenvalue weighted by atomic mass is 32.2. The SMILES string of the molecule is CC(C)Oc1ccc(/C=N\NC(=O)CN(c2ccccc2)S(=O)(=O)c2ccccc2)cc1. The molecule has 0 saturated carbocycles. The lowest BCUT2D eigenvalue weighted by Crippen LogP contribution is -2.39. The van der Waals surface area contributed by atoms with Gasteiger partial charge in [-0.2, -0.15) is 5.10 Å². The molecule has 0 aliphatic rings. The van der Waals surface area contributed by atoms with E-state index in [2.05, 4.69) is 10.5 Å². The number of nitrogens with one attached hydrogen (secondary N) is 1. The van der Waals surface area contributed by atoms with E-state index in [-0.39, 0.29) is 11.0 Å². The predicted molar refractivity (Wildman–Crippen MR) is 125 cm³/mol. The van der Waals surface area contributed by atoms with E-state index in [4.69, 9.17) is 4.74 Å². The number of anilines is 1. The second kappa shape index (κ2) is 10.6. The van der Waals surface area contributed by atoms with Crippen molar-refractivity contribution >= 4 is 27.8 Å². The summed E-state index contributed by atoms with van der Waals surface area (Å²) >= 11 is 0. The molecule has 0 saturated heterocycles. The molecule has 7 nitrogen and oxygen atoms in total. The fraction of sp³-hybridized carbons (Fsp3) is 0.167. The summed E-state index contributed by atoms with van der Waals surface area (Å²) in [6.07, 6.45) is 1.56. The number of hydrogen-bond donors (Lipinski definition) is 1. The van der Waals surface area contributed by atoms with Gasteiger partial charge in [0.15, 0.2) is 0 Å². The molecule has 0 spiro atoms. The standard InChI is InChI=1S/C24H25N3O4S/c1-19(2)31-22-15-13-20(14-16-22)17-25-26-24(28)18-27(21-9-5-3-6-10-21)32(29,30)23-11-7-4-8-12-23/h3-17,19H,18H2,1-2H3,(H,26,28)/b25-17-. The zero-order valence-corrected chi connectivity index (χ0v) is 18.7. The molecule has 0 aromatic heterocycles. The highest BCUT2D eigenvalue weighted by molar-refractivity contribution is 7.92. The minimum atomic E-state index is -3.93. The number of carbonyl (C=O) groups excluding carboxylic acids is 1. The monoisotopic (exact) mass is 451 g/mol. The van der Waals surface area contributed by atoms with E-state index in [0.29, 0.717) is 5.69 Å². The molecule has 0 fully saturated rings. The van der Waals surface area contributed by atoms with E-state index in [1.165, 1.54) is 18.3 Å². The van der Waals surface area contributed by atoms with Gasteiger partial charge in [-0.15, -0.1) is 0 Å². The zero-order chi connectivity index (χ0) is 23.0. The minimum absolute atomic E-state index is 0.0773. The van der Waals surface area contributed by atoms with Crippen LogP contribution in [0.2, 0.25) is 0 Å². The van der Waals surface area contributed by atoms with Crippen LogP contribution >= 0.6 is 0 Å². The average Bonchev–Trinajstić information content (AvgIpc) is 2.79. The second-order valence-electron chi connectivity index (χ2n) is 7.19. The van der Waals surface area contributed by atoms with E-state index < -0.39 is 22.5 Å². The quantitative estimate of drug-likeness (QED) is 0.396. The first-order valence-electron chi connectivity index (χ1n) is 10.1. The Morgan fingerprint density at radius 1 is 0.969 bits per heavy atom. The Bertz CT molecular complexity index is 1150. The summed E-state index contributed by atoms with van der Waals surface area (Å²) in [5.74, 6) is 0.176. The number of ether oxygens (including phenoxy) is 1. The Hall–Kier alpha value is -3.65. The number of amides is 1. The number of benzene rings is 3. The molecule has 32 heavy (non-hydrogen) atoms. The van der Waals surface area contributed by atoms with Crippen molar-refractivity contribution in [3.05, 3.63) is 90.5 Å². The molecule has 0 heterocycles. The molecule has 0 unspecified atom stereocenters. The van der Waals surface area contributed by atoms with Crippen LogP contribution in [-0.4, -0.2) is 33.2 Å². The maximum Gasteiger partial charge on any atom is 0.264 e. The minimum Gasteiger partial charge on any atom is -0.491 e. The Labute approximate surface area is 188 Å². The van der Waals surface area contributed by atoms with Crippen LogP contribution in [0.3, 0.4) is 0 Å². The number of hydrazone groups is 1. The topological polar surface area (TPSA) is 88.1 Å². The lowest BCUT2D eigenvalue weighted by molar-refractivity contribution is -0.119. The van der Waals surface area contributed by atoms with E-state index in [1.807, 2.05) is 38.1 Å². The molecule has 1 amide bonds. The maximum absolute atomic E-state index is 13.2. The van der Waals surface area contributed by atoms with Crippen LogP contribution in [0.15, 0.2) is 94.9 Å². The molecular formula is C24H25N3O4S. The molecule has 3 aromatic carbocycles. The number of para-hydroxylation sites is 1. The number of carbonyl (C=O) groups is 1. The molecule has 0 aliphatic carbocycles. The third-order valence-corrected chi connectivity index (χ3v) is 6.11. The maximum atomic E-state index is 13.2. The smallest absolute Gasteiger partial charge is 0.264 e. The summed E-state index contributed by atoms with van der Waals surface area (Å²) in [5, 5.41) is 3.95. The van der Waals surface area contributed by atoms with Gasteiger partial charge in [0.25, 0.3) is 15.9 Å². The van der Waals surface area contributed by atoms with Crippen LogP contribution in [0.1, 0.15) is 19.4 Å². The van der Waals surface area contributed by atoms with Gasteiger partial charge in [-0.1, -0.05) is 36.4 Å². The third kappa shape index (κ3) is 6.18.